The molecule has 0 unspecified atom stereocenters. The van der Waals surface area contributed by atoms with E-state index in [-0.39, 0.29) is 5.95 Å². The molecular formula is C25H35N3O6. The number of imidazole rings is 1. The Morgan fingerprint density at radius 3 is 1.62 bits per heavy atom. The zero-order chi connectivity index (χ0) is 26.1. The fourth-order valence-electron chi connectivity index (χ4n) is 2.77. The molecule has 1 aromatic carbocycles. The number of ether oxygens (including phenoxy) is 3. The highest BCUT2D eigenvalue weighted by atomic mass is 16.6. The van der Waals surface area contributed by atoms with Gasteiger partial charge in [0, 0.05) is 5.56 Å². The summed E-state index contributed by atoms with van der Waals surface area (Å²) in [5.41, 5.74) is -0.673. The number of hydrogen-bond donors (Lipinski definition) is 0. The van der Waals surface area contributed by atoms with Crippen LogP contribution in [-0.2, 0) is 14.2 Å². The summed E-state index contributed by atoms with van der Waals surface area (Å²) in [7, 11) is 0. The van der Waals surface area contributed by atoms with Crippen molar-refractivity contribution in [1.82, 2.24) is 9.55 Å². The van der Waals surface area contributed by atoms with Crippen LogP contribution in [-0.4, -0.2) is 44.6 Å². The summed E-state index contributed by atoms with van der Waals surface area (Å²) in [6, 6.07) is 7.37. The highest BCUT2D eigenvalue weighted by Crippen LogP contribution is 2.29. The molecule has 2 aromatic rings. The number of aryl methyl sites for hydroxylation is 1. The molecule has 2 rings (SSSR count). The van der Waals surface area contributed by atoms with Crippen LogP contribution in [0.1, 0.15) is 67.9 Å². The summed E-state index contributed by atoms with van der Waals surface area (Å²) in [6.45, 7) is 17.1. The molecule has 186 valence electrons. The minimum Gasteiger partial charge on any atom is -0.443 e. The van der Waals surface area contributed by atoms with Gasteiger partial charge in [-0.05, 0) is 69.2 Å². The number of aromatic nitrogens is 2. The van der Waals surface area contributed by atoms with Gasteiger partial charge < -0.3 is 14.2 Å². The van der Waals surface area contributed by atoms with Crippen molar-refractivity contribution in [3.63, 3.8) is 0 Å². The van der Waals surface area contributed by atoms with Gasteiger partial charge in [0.2, 0.25) is 5.95 Å². The number of imide groups is 1. The van der Waals surface area contributed by atoms with Gasteiger partial charge in [0.05, 0.1) is 11.9 Å². The molecule has 0 fully saturated rings. The van der Waals surface area contributed by atoms with E-state index in [1.807, 2.05) is 31.2 Å². The Kier molecular flexibility index (Phi) is 7.50. The zero-order valence-corrected chi connectivity index (χ0v) is 21.7. The third-order valence-electron chi connectivity index (χ3n) is 4.02. The van der Waals surface area contributed by atoms with Gasteiger partial charge in [-0.3, -0.25) is 0 Å². The Morgan fingerprint density at radius 2 is 1.21 bits per heavy atom. The Morgan fingerprint density at radius 1 is 0.765 bits per heavy atom. The molecule has 0 bridgehead atoms. The summed E-state index contributed by atoms with van der Waals surface area (Å²) < 4.78 is 17.5. The number of anilines is 1. The van der Waals surface area contributed by atoms with E-state index in [1.54, 1.807) is 62.3 Å². The normalized spacial score (nSPS) is 12.2. The van der Waals surface area contributed by atoms with Gasteiger partial charge in [-0.25, -0.2) is 23.9 Å². The van der Waals surface area contributed by atoms with E-state index in [9.17, 15) is 14.4 Å². The molecule has 0 radical (unpaired) electrons. The van der Waals surface area contributed by atoms with Crippen LogP contribution in [0.5, 0.6) is 0 Å². The van der Waals surface area contributed by atoms with Crippen LogP contribution in [0, 0.1) is 6.92 Å². The first kappa shape index (κ1) is 26.9. The van der Waals surface area contributed by atoms with Crippen LogP contribution in [0.2, 0.25) is 0 Å². The first-order chi connectivity index (χ1) is 15.4. The number of carbonyl (C=O) groups is 3. The second-order valence-electron chi connectivity index (χ2n) is 10.9. The SMILES string of the molecule is Cc1ccc(-c2cnc(N(C(=O)OC(C)(C)C)C(=O)OC(C)(C)C)n2C(=O)OC(C)(C)C)cc1. The molecule has 0 aliphatic rings. The highest BCUT2D eigenvalue weighted by molar-refractivity contribution is 6.09. The van der Waals surface area contributed by atoms with Crippen LogP contribution in [0.3, 0.4) is 0 Å². The van der Waals surface area contributed by atoms with E-state index in [0.29, 0.717) is 16.2 Å². The predicted molar refractivity (Wildman–Crippen MR) is 129 cm³/mol. The number of nitrogens with zero attached hydrogens (tertiary/aromatic N) is 3. The molecule has 9 nitrogen and oxygen atoms in total. The summed E-state index contributed by atoms with van der Waals surface area (Å²) >= 11 is 0. The van der Waals surface area contributed by atoms with E-state index < -0.39 is 35.1 Å². The van der Waals surface area contributed by atoms with Gasteiger partial charge >= 0.3 is 18.3 Å². The second kappa shape index (κ2) is 9.48. The molecule has 0 N–H and O–H groups in total. The Bertz CT molecular complexity index is 1020. The van der Waals surface area contributed by atoms with Crippen LogP contribution in [0.4, 0.5) is 20.3 Å². The monoisotopic (exact) mass is 473 g/mol. The highest BCUT2D eigenvalue weighted by Gasteiger charge is 2.38. The van der Waals surface area contributed by atoms with Gasteiger partial charge in [-0.15, -0.1) is 4.90 Å². The quantitative estimate of drug-likeness (QED) is 0.471. The van der Waals surface area contributed by atoms with Crippen LogP contribution in [0.25, 0.3) is 11.3 Å². The van der Waals surface area contributed by atoms with Crippen LogP contribution < -0.4 is 4.90 Å². The minimum absolute atomic E-state index is 0.298. The maximum Gasteiger partial charge on any atom is 0.427 e. The van der Waals surface area contributed by atoms with E-state index in [2.05, 4.69) is 4.98 Å². The van der Waals surface area contributed by atoms with Gasteiger partial charge in [0.25, 0.3) is 0 Å². The largest absolute Gasteiger partial charge is 0.443 e. The number of benzene rings is 1. The van der Waals surface area contributed by atoms with Crippen molar-refractivity contribution >= 4 is 24.2 Å². The van der Waals surface area contributed by atoms with E-state index in [4.69, 9.17) is 14.2 Å². The summed E-state index contributed by atoms with van der Waals surface area (Å²) in [5, 5.41) is 0. The Balaban J connectivity index is 2.72. The lowest BCUT2D eigenvalue weighted by atomic mass is 10.1. The standard InChI is InChI=1S/C25H35N3O6/c1-16-11-13-17(14-12-16)18-15-26-19(27(18)20(29)32-23(2,3)4)28(21(30)33-24(5,6)7)22(31)34-25(8,9)10/h11-15H,1-10H3. The lowest BCUT2D eigenvalue weighted by Crippen LogP contribution is -2.45. The summed E-state index contributed by atoms with van der Waals surface area (Å²) in [4.78, 5) is 44.4. The molecule has 0 spiro atoms. The predicted octanol–water partition coefficient (Wildman–Crippen LogP) is 6.32. The molecule has 34 heavy (non-hydrogen) atoms. The second-order valence-corrected chi connectivity index (χ2v) is 10.9. The lowest BCUT2D eigenvalue weighted by molar-refractivity contribution is 0.0423. The van der Waals surface area contributed by atoms with Gasteiger partial charge in [-0.2, -0.15) is 0 Å². The topological polar surface area (TPSA) is 100.0 Å². The molecular weight excluding hydrogens is 438 g/mol. The van der Waals surface area contributed by atoms with Crippen molar-refractivity contribution in [2.75, 3.05) is 4.90 Å². The van der Waals surface area contributed by atoms with Crippen LogP contribution >= 0.6 is 0 Å². The van der Waals surface area contributed by atoms with Crippen molar-refractivity contribution in [2.24, 2.45) is 0 Å². The fraction of sp³-hybridized carbons (Fsp3) is 0.520. The first-order valence-corrected chi connectivity index (χ1v) is 11.0. The summed E-state index contributed by atoms with van der Waals surface area (Å²) in [6.07, 6.45) is -1.49. The van der Waals surface area contributed by atoms with Gasteiger partial charge in [0.15, 0.2) is 0 Å². The smallest absolute Gasteiger partial charge is 0.427 e. The maximum atomic E-state index is 13.3. The Hall–Kier alpha value is -3.36. The zero-order valence-electron chi connectivity index (χ0n) is 21.7. The molecule has 0 atom stereocenters. The van der Waals surface area contributed by atoms with Crippen molar-refractivity contribution in [3.8, 4) is 11.3 Å². The van der Waals surface area contributed by atoms with Crippen LogP contribution in [0.15, 0.2) is 30.5 Å². The first-order valence-electron chi connectivity index (χ1n) is 11.0. The van der Waals surface area contributed by atoms with Crippen molar-refractivity contribution in [2.45, 2.75) is 86.0 Å². The molecule has 1 heterocycles. The average molecular weight is 474 g/mol. The lowest BCUT2D eigenvalue weighted by Gasteiger charge is -2.28. The molecule has 0 saturated carbocycles. The number of carbonyl (C=O) groups excluding carboxylic acids is 3. The van der Waals surface area contributed by atoms with Gasteiger partial charge in [0.1, 0.15) is 16.8 Å². The summed E-state index contributed by atoms with van der Waals surface area (Å²) in [5.74, 6) is -0.298. The molecule has 9 heteroatoms. The fourth-order valence-corrected chi connectivity index (χ4v) is 2.77. The molecule has 1 aromatic heterocycles. The van der Waals surface area contributed by atoms with Crippen molar-refractivity contribution < 1.29 is 28.6 Å². The van der Waals surface area contributed by atoms with Crippen molar-refractivity contribution in [1.29, 1.82) is 0 Å². The number of hydrogen-bond acceptors (Lipinski definition) is 7. The minimum atomic E-state index is -1.03. The molecule has 0 saturated heterocycles. The third kappa shape index (κ3) is 7.33. The van der Waals surface area contributed by atoms with E-state index in [0.717, 1.165) is 10.1 Å². The maximum absolute atomic E-state index is 13.3. The molecule has 2 amide bonds. The van der Waals surface area contributed by atoms with Crippen molar-refractivity contribution in [3.05, 3.63) is 36.0 Å². The average Bonchev–Trinajstić information content (AvgIpc) is 3.02. The third-order valence-corrected chi connectivity index (χ3v) is 4.02. The number of rotatable bonds is 2. The molecule has 0 aliphatic carbocycles. The molecule has 0 aliphatic heterocycles. The van der Waals surface area contributed by atoms with Gasteiger partial charge in [-0.1, -0.05) is 29.8 Å². The number of amides is 2. The Labute approximate surface area is 201 Å². The van der Waals surface area contributed by atoms with E-state index >= 15 is 0 Å². The van der Waals surface area contributed by atoms with E-state index in [1.165, 1.54) is 6.20 Å².